The highest BCUT2D eigenvalue weighted by Crippen LogP contribution is 2.31. The molecule has 0 saturated carbocycles. The molecular weight excluding hydrogens is 382 g/mol. The van der Waals surface area contributed by atoms with Gasteiger partial charge in [-0.25, -0.2) is 13.6 Å². The van der Waals surface area contributed by atoms with E-state index in [0.717, 1.165) is 24.5 Å². The number of aromatic carboxylic acids is 1. The van der Waals surface area contributed by atoms with Crippen molar-refractivity contribution in [2.24, 2.45) is 0 Å². The second-order valence-electron chi connectivity index (χ2n) is 7.55. The van der Waals surface area contributed by atoms with Crippen LogP contribution >= 0.6 is 0 Å². The maximum absolute atomic E-state index is 14.2. The molecule has 4 heteroatoms. The monoisotopic (exact) mass is 408 g/mol. The summed E-state index contributed by atoms with van der Waals surface area (Å²) in [7, 11) is 0. The van der Waals surface area contributed by atoms with Gasteiger partial charge in [0.2, 0.25) is 0 Å². The molecule has 0 saturated heterocycles. The minimum atomic E-state index is -1.05. The molecule has 3 rings (SSSR count). The number of hydrogen-bond acceptors (Lipinski definition) is 1. The van der Waals surface area contributed by atoms with Crippen LogP contribution in [0.2, 0.25) is 0 Å². The summed E-state index contributed by atoms with van der Waals surface area (Å²) < 4.78 is 27.5. The van der Waals surface area contributed by atoms with E-state index in [2.05, 4.69) is 6.92 Å². The molecule has 0 radical (unpaired) electrons. The Balaban J connectivity index is 1.87. The van der Waals surface area contributed by atoms with E-state index >= 15 is 0 Å². The van der Waals surface area contributed by atoms with Crippen molar-refractivity contribution >= 4 is 5.97 Å². The van der Waals surface area contributed by atoms with E-state index in [-0.39, 0.29) is 11.1 Å². The zero-order chi connectivity index (χ0) is 21.5. The van der Waals surface area contributed by atoms with Crippen LogP contribution in [0.15, 0.2) is 60.7 Å². The molecule has 156 valence electrons. The molecule has 3 aromatic carbocycles. The van der Waals surface area contributed by atoms with Crippen LogP contribution < -0.4 is 0 Å². The third-order valence-electron chi connectivity index (χ3n) is 5.33. The summed E-state index contributed by atoms with van der Waals surface area (Å²) >= 11 is 0. The number of unbranched alkanes of at least 4 members (excludes halogenated alkanes) is 4. The lowest BCUT2D eigenvalue weighted by molar-refractivity contribution is 0.0697. The highest BCUT2D eigenvalue weighted by molar-refractivity contribution is 5.97. The number of carboxylic acids is 1. The van der Waals surface area contributed by atoms with Gasteiger partial charge in [0.1, 0.15) is 11.6 Å². The molecule has 1 N–H and O–H groups in total. The molecule has 0 unspecified atom stereocenters. The van der Waals surface area contributed by atoms with Crippen LogP contribution in [0.4, 0.5) is 8.78 Å². The minimum absolute atomic E-state index is 0.147. The topological polar surface area (TPSA) is 37.3 Å². The highest BCUT2D eigenvalue weighted by atomic mass is 19.1. The van der Waals surface area contributed by atoms with Crippen molar-refractivity contribution in [1.29, 1.82) is 0 Å². The zero-order valence-electron chi connectivity index (χ0n) is 17.1. The molecule has 0 aliphatic rings. The van der Waals surface area contributed by atoms with Crippen molar-refractivity contribution in [3.63, 3.8) is 0 Å². The van der Waals surface area contributed by atoms with Crippen LogP contribution in [0.5, 0.6) is 0 Å². The van der Waals surface area contributed by atoms with Gasteiger partial charge >= 0.3 is 5.97 Å². The third-order valence-corrected chi connectivity index (χ3v) is 5.33. The van der Waals surface area contributed by atoms with Crippen LogP contribution in [0.3, 0.4) is 0 Å². The Morgan fingerprint density at radius 3 is 2.17 bits per heavy atom. The fourth-order valence-electron chi connectivity index (χ4n) is 3.64. The summed E-state index contributed by atoms with van der Waals surface area (Å²) in [4.78, 5) is 11.7. The number of carbonyl (C=O) groups is 1. The first-order valence-corrected chi connectivity index (χ1v) is 10.4. The number of hydrogen-bond donors (Lipinski definition) is 1. The van der Waals surface area contributed by atoms with Crippen molar-refractivity contribution in [3.05, 3.63) is 83.4 Å². The van der Waals surface area contributed by atoms with Gasteiger partial charge in [0.15, 0.2) is 0 Å². The number of halogens is 2. The summed E-state index contributed by atoms with van der Waals surface area (Å²) in [5, 5.41) is 9.60. The van der Waals surface area contributed by atoms with Crippen LogP contribution in [0.1, 0.15) is 54.9 Å². The fourth-order valence-corrected chi connectivity index (χ4v) is 3.64. The van der Waals surface area contributed by atoms with E-state index in [4.69, 9.17) is 0 Å². The normalized spacial score (nSPS) is 10.9. The van der Waals surface area contributed by atoms with Crippen molar-refractivity contribution < 1.29 is 18.7 Å². The smallest absolute Gasteiger partial charge is 0.336 e. The zero-order valence-corrected chi connectivity index (χ0v) is 17.1. The van der Waals surface area contributed by atoms with Crippen LogP contribution in [0, 0.1) is 11.6 Å². The number of carboxylic acid groups (broad SMARTS) is 1. The Hall–Kier alpha value is -3.01. The van der Waals surface area contributed by atoms with Gasteiger partial charge < -0.3 is 5.11 Å². The van der Waals surface area contributed by atoms with Crippen molar-refractivity contribution in [1.82, 2.24) is 0 Å². The molecule has 0 amide bonds. The summed E-state index contributed by atoms with van der Waals surface area (Å²) in [6, 6.07) is 15.9. The molecule has 0 aliphatic heterocycles. The molecule has 0 heterocycles. The van der Waals surface area contributed by atoms with Gasteiger partial charge in [0.25, 0.3) is 0 Å². The van der Waals surface area contributed by atoms with E-state index < -0.39 is 17.6 Å². The number of benzene rings is 3. The predicted octanol–water partition coefficient (Wildman–Crippen LogP) is 7.51. The third kappa shape index (κ3) is 5.32. The SMILES string of the molecule is CCCCCCCc1ccc(-c2cc(-c3ccc(F)cc3F)ccc2C(=O)O)cc1. The van der Waals surface area contributed by atoms with Crippen molar-refractivity contribution in [3.8, 4) is 22.3 Å². The molecule has 2 nitrogen and oxygen atoms in total. The lowest BCUT2D eigenvalue weighted by Gasteiger charge is -2.11. The second kappa shape index (κ2) is 10.1. The standard InChI is InChI=1S/C26H26F2O2/c1-2-3-4-5-6-7-18-8-10-19(11-9-18)24-16-20(12-14-23(24)26(29)30)22-15-13-21(27)17-25(22)28/h8-17H,2-7H2,1H3,(H,29,30). The van der Waals surface area contributed by atoms with Gasteiger partial charge in [0, 0.05) is 11.6 Å². The quantitative estimate of drug-likeness (QED) is 0.372. The van der Waals surface area contributed by atoms with Gasteiger partial charge in [-0.1, -0.05) is 62.9 Å². The molecule has 3 aromatic rings. The minimum Gasteiger partial charge on any atom is -0.478 e. The lowest BCUT2D eigenvalue weighted by atomic mass is 9.93. The highest BCUT2D eigenvalue weighted by Gasteiger charge is 2.15. The lowest BCUT2D eigenvalue weighted by Crippen LogP contribution is -2.00. The molecular formula is C26H26F2O2. The van der Waals surface area contributed by atoms with Crippen LogP contribution in [0.25, 0.3) is 22.3 Å². The molecule has 0 atom stereocenters. The molecule has 0 spiro atoms. The van der Waals surface area contributed by atoms with E-state index in [1.165, 1.54) is 49.4 Å². The Labute approximate surface area is 176 Å². The largest absolute Gasteiger partial charge is 0.478 e. The van der Waals surface area contributed by atoms with Gasteiger partial charge in [-0.15, -0.1) is 0 Å². The summed E-state index contributed by atoms with van der Waals surface area (Å²) in [6.07, 6.45) is 7.09. The second-order valence-corrected chi connectivity index (χ2v) is 7.55. The summed E-state index contributed by atoms with van der Waals surface area (Å²) in [5.74, 6) is -2.37. The van der Waals surface area contributed by atoms with E-state index in [1.807, 2.05) is 24.3 Å². The van der Waals surface area contributed by atoms with E-state index in [1.54, 1.807) is 12.1 Å². The van der Waals surface area contributed by atoms with Gasteiger partial charge in [-0.2, -0.15) is 0 Å². The van der Waals surface area contributed by atoms with Gasteiger partial charge in [-0.05, 0) is 59.4 Å². The maximum Gasteiger partial charge on any atom is 0.336 e. The van der Waals surface area contributed by atoms with Crippen molar-refractivity contribution in [2.75, 3.05) is 0 Å². The fraction of sp³-hybridized carbons (Fsp3) is 0.269. The number of aryl methyl sites for hydroxylation is 1. The Kier molecular flexibility index (Phi) is 7.34. The number of rotatable bonds is 9. The first kappa shape index (κ1) is 21.7. The predicted molar refractivity (Wildman–Crippen MR) is 117 cm³/mol. The molecule has 0 fully saturated rings. The van der Waals surface area contributed by atoms with Gasteiger partial charge in [-0.3, -0.25) is 0 Å². The van der Waals surface area contributed by atoms with Gasteiger partial charge in [0.05, 0.1) is 5.56 Å². The Morgan fingerprint density at radius 2 is 1.50 bits per heavy atom. The van der Waals surface area contributed by atoms with E-state index in [9.17, 15) is 18.7 Å². The molecule has 0 bridgehead atoms. The first-order valence-electron chi connectivity index (χ1n) is 10.4. The average Bonchev–Trinajstić information content (AvgIpc) is 2.73. The first-order chi connectivity index (χ1) is 14.5. The Morgan fingerprint density at radius 1 is 0.800 bits per heavy atom. The molecule has 0 aliphatic carbocycles. The van der Waals surface area contributed by atoms with Crippen LogP contribution in [-0.2, 0) is 6.42 Å². The van der Waals surface area contributed by atoms with E-state index in [0.29, 0.717) is 11.1 Å². The maximum atomic E-state index is 14.2. The molecule has 30 heavy (non-hydrogen) atoms. The van der Waals surface area contributed by atoms with Crippen LogP contribution in [-0.4, -0.2) is 11.1 Å². The average molecular weight is 408 g/mol. The van der Waals surface area contributed by atoms with Crippen molar-refractivity contribution in [2.45, 2.75) is 45.4 Å². The Bertz CT molecular complexity index is 1010. The summed E-state index contributed by atoms with van der Waals surface area (Å²) in [6.45, 7) is 2.20. The summed E-state index contributed by atoms with van der Waals surface area (Å²) in [5.41, 5.74) is 3.37. The molecule has 0 aromatic heterocycles.